The summed E-state index contributed by atoms with van der Waals surface area (Å²) in [5, 5.41) is 0.427. The molecule has 144 valence electrons. The lowest BCUT2D eigenvalue weighted by atomic mass is 9.99. The number of aryl methyl sites for hydroxylation is 1. The molecule has 3 rings (SSSR count). The van der Waals surface area contributed by atoms with Crippen LogP contribution in [0.25, 0.3) is 0 Å². The summed E-state index contributed by atoms with van der Waals surface area (Å²) in [7, 11) is -3.60. The lowest BCUT2D eigenvalue weighted by Gasteiger charge is -2.31. The molecule has 5 nitrogen and oxygen atoms in total. The number of nitrogens with zero attached hydrogens (tertiary/aromatic N) is 1. The Morgan fingerprint density at radius 1 is 1.15 bits per heavy atom. The van der Waals surface area contributed by atoms with E-state index >= 15 is 0 Å². The number of nitrogens with one attached hydrogen (secondary N) is 1. The Balaban J connectivity index is 1.81. The van der Waals surface area contributed by atoms with E-state index < -0.39 is 10.0 Å². The van der Waals surface area contributed by atoms with Crippen molar-refractivity contribution in [3.63, 3.8) is 0 Å². The molecule has 1 heterocycles. The summed E-state index contributed by atoms with van der Waals surface area (Å²) in [5.74, 6) is 0.277. The minimum Gasteiger partial charge on any atom is -0.312 e. The van der Waals surface area contributed by atoms with Gasteiger partial charge in [-0.3, -0.25) is 9.52 Å². The second-order valence-electron chi connectivity index (χ2n) is 7.19. The van der Waals surface area contributed by atoms with E-state index in [4.69, 9.17) is 11.6 Å². The first-order valence-corrected chi connectivity index (χ1v) is 11.0. The second kappa shape index (κ2) is 7.90. The smallest absolute Gasteiger partial charge is 0.236 e. The van der Waals surface area contributed by atoms with Crippen LogP contribution < -0.4 is 9.62 Å². The van der Waals surface area contributed by atoms with Crippen molar-refractivity contribution in [2.75, 3.05) is 16.2 Å². The van der Waals surface area contributed by atoms with Gasteiger partial charge >= 0.3 is 0 Å². The van der Waals surface area contributed by atoms with Crippen molar-refractivity contribution < 1.29 is 13.2 Å². The number of fused-ring (bicyclic) bond motifs is 1. The molecule has 0 unspecified atom stereocenters. The minimum atomic E-state index is -3.60. The SMILES string of the molecule is CC(C)CN1C(=O)CCc2cc(NS(=O)(=O)Cc3ccccc3Cl)ccc21. The Kier molecular flexibility index (Phi) is 5.77. The van der Waals surface area contributed by atoms with Gasteiger partial charge in [-0.2, -0.15) is 0 Å². The van der Waals surface area contributed by atoms with Gasteiger partial charge in [0.2, 0.25) is 15.9 Å². The molecule has 1 aliphatic heterocycles. The van der Waals surface area contributed by atoms with Crippen molar-refractivity contribution in [3.8, 4) is 0 Å². The molecular weight excluding hydrogens is 384 g/mol. The normalized spacial score (nSPS) is 14.4. The van der Waals surface area contributed by atoms with Crippen molar-refractivity contribution in [2.24, 2.45) is 5.92 Å². The van der Waals surface area contributed by atoms with Crippen LogP contribution in [0.2, 0.25) is 5.02 Å². The number of sulfonamides is 1. The number of carbonyl (C=O) groups is 1. The first-order valence-electron chi connectivity index (χ1n) is 8.92. The number of hydrogen-bond acceptors (Lipinski definition) is 3. The molecule has 0 bridgehead atoms. The highest BCUT2D eigenvalue weighted by atomic mass is 35.5. The number of benzene rings is 2. The van der Waals surface area contributed by atoms with Crippen LogP contribution in [-0.4, -0.2) is 20.9 Å². The summed E-state index contributed by atoms with van der Waals surface area (Å²) in [6.07, 6.45) is 1.05. The third-order valence-corrected chi connectivity index (χ3v) is 6.01. The quantitative estimate of drug-likeness (QED) is 0.781. The Bertz CT molecular complexity index is 957. The molecule has 0 saturated carbocycles. The van der Waals surface area contributed by atoms with Crippen molar-refractivity contribution in [1.29, 1.82) is 0 Å². The molecule has 2 aromatic rings. The molecule has 1 aliphatic rings. The van der Waals surface area contributed by atoms with E-state index in [1.165, 1.54) is 0 Å². The van der Waals surface area contributed by atoms with Gasteiger partial charge in [0.05, 0.1) is 5.75 Å². The van der Waals surface area contributed by atoms with Crippen molar-refractivity contribution in [3.05, 3.63) is 58.6 Å². The van der Waals surface area contributed by atoms with Crippen LogP contribution in [0.3, 0.4) is 0 Å². The van der Waals surface area contributed by atoms with E-state index in [0.717, 1.165) is 11.3 Å². The van der Waals surface area contributed by atoms with Gasteiger partial charge in [0.15, 0.2) is 0 Å². The maximum atomic E-state index is 12.5. The number of rotatable bonds is 6. The van der Waals surface area contributed by atoms with Gasteiger partial charge in [-0.25, -0.2) is 8.42 Å². The van der Waals surface area contributed by atoms with Crippen molar-refractivity contribution >= 4 is 38.9 Å². The summed E-state index contributed by atoms with van der Waals surface area (Å²) in [4.78, 5) is 14.0. The zero-order valence-corrected chi connectivity index (χ0v) is 17.0. The predicted octanol–water partition coefficient (Wildman–Crippen LogP) is 4.22. The van der Waals surface area contributed by atoms with Gasteiger partial charge in [0.1, 0.15) is 0 Å². The average molecular weight is 407 g/mol. The van der Waals surface area contributed by atoms with Gasteiger partial charge in [-0.1, -0.05) is 43.6 Å². The number of hydrogen-bond donors (Lipinski definition) is 1. The highest BCUT2D eigenvalue weighted by Crippen LogP contribution is 2.31. The van der Waals surface area contributed by atoms with E-state index in [1.54, 1.807) is 35.2 Å². The van der Waals surface area contributed by atoms with E-state index in [1.807, 2.05) is 12.1 Å². The van der Waals surface area contributed by atoms with E-state index in [9.17, 15) is 13.2 Å². The summed E-state index contributed by atoms with van der Waals surface area (Å²) >= 11 is 6.07. The minimum absolute atomic E-state index is 0.114. The molecule has 0 saturated heterocycles. The topological polar surface area (TPSA) is 66.5 Å². The number of carbonyl (C=O) groups excluding carboxylic acids is 1. The van der Waals surface area contributed by atoms with Crippen LogP contribution in [0, 0.1) is 5.92 Å². The van der Waals surface area contributed by atoms with Crippen LogP contribution in [0.4, 0.5) is 11.4 Å². The number of amides is 1. The fraction of sp³-hybridized carbons (Fsp3) is 0.350. The van der Waals surface area contributed by atoms with Crippen LogP contribution in [0.15, 0.2) is 42.5 Å². The second-order valence-corrected chi connectivity index (χ2v) is 9.32. The number of halogens is 1. The standard InChI is InChI=1S/C20H23ClN2O3S/c1-14(2)12-23-19-9-8-17(11-15(19)7-10-20(23)24)22-27(25,26)13-16-5-3-4-6-18(16)21/h3-6,8-9,11,14,22H,7,10,12-13H2,1-2H3. The molecule has 1 N–H and O–H groups in total. The van der Waals surface area contributed by atoms with Crippen LogP contribution in [0.1, 0.15) is 31.4 Å². The molecule has 0 atom stereocenters. The summed E-state index contributed by atoms with van der Waals surface area (Å²) < 4.78 is 27.7. The van der Waals surface area contributed by atoms with Gasteiger partial charge in [-0.05, 0) is 47.7 Å². The molecule has 2 aromatic carbocycles. The Hall–Kier alpha value is -2.05. The van der Waals surface area contributed by atoms with Crippen LogP contribution in [0.5, 0.6) is 0 Å². The number of anilines is 2. The monoisotopic (exact) mass is 406 g/mol. The van der Waals surface area contributed by atoms with Gasteiger partial charge in [0, 0.05) is 29.4 Å². The van der Waals surface area contributed by atoms with Gasteiger partial charge in [0.25, 0.3) is 0 Å². The molecule has 0 fully saturated rings. The fourth-order valence-electron chi connectivity index (χ4n) is 3.22. The van der Waals surface area contributed by atoms with E-state index in [0.29, 0.717) is 41.6 Å². The maximum Gasteiger partial charge on any atom is 0.236 e. The third-order valence-electron chi connectivity index (χ3n) is 4.40. The lowest BCUT2D eigenvalue weighted by Crippen LogP contribution is -2.37. The Morgan fingerprint density at radius 3 is 2.59 bits per heavy atom. The first-order chi connectivity index (χ1) is 12.7. The summed E-state index contributed by atoms with van der Waals surface area (Å²) in [6, 6.07) is 12.2. The van der Waals surface area contributed by atoms with Crippen LogP contribution in [-0.2, 0) is 27.0 Å². The molecule has 0 aliphatic carbocycles. The molecule has 7 heteroatoms. The average Bonchev–Trinajstić information content (AvgIpc) is 2.59. The van der Waals surface area contributed by atoms with Crippen molar-refractivity contribution in [1.82, 2.24) is 0 Å². The van der Waals surface area contributed by atoms with Gasteiger partial charge in [-0.15, -0.1) is 0 Å². The van der Waals surface area contributed by atoms with Gasteiger partial charge < -0.3 is 4.90 Å². The predicted molar refractivity (Wildman–Crippen MR) is 110 cm³/mol. The Labute approximate surface area is 165 Å². The molecular formula is C20H23ClN2O3S. The first kappa shape index (κ1) is 19.7. The Morgan fingerprint density at radius 2 is 1.89 bits per heavy atom. The summed E-state index contributed by atoms with van der Waals surface area (Å²) in [5.41, 5.74) is 2.90. The molecule has 0 aromatic heterocycles. The lowest BCUT2D eigenvalue weighted by molar-refractivity contribution is -0.119. The highest BCUT2D eigenvalue weighted by Gasteiger charge is 2.25. The van der Waals surface area contributed by atoms with E-state index in [2.05, 4.69) is 18.6 Å². The van der Waals surface area contributed by atoms with Crippen molar-refractivity contribution in [2.45, 2.75) is 32.4 Å². The molecule has 0 spiro atoms. The maximum absolute atomic E-state index is 12.5. The summed E-state index contributed by atoms with van der Waals surface area (Å²) in [6.45, 7) is 4.79. The third kappa shape index (κ3) is 4.82. The zero-order valence-electron chi connectivity index (χ0n) is 15.4. The molecule has 0 radical (unpaired) electrons. The molecule has 27 heavy (non-hydrogen) atoms. The van der Waals surface area contributed by atoms with Crippen LogP contribution >= 0.6 is 11.6 Å². The zero-order chi connectivity index (χ0) is 19.6. The van der Waals surface area contributed by atoms with E-state index in [-0.39, 0.29) is 11.7 Å². The largest absolute Gasteiger partial charge is 0.312 e. The highest BCUT2D eigenvalue weighted by molar-refractivity contribution is 7.91. The molecule has 1 amide bonds. The fourth-order valence-corrected chi connectivity index (χ4v) is 4.73.